The minimum Gasteiger partial charge on any atom is -0.390 e. The van der Waals surface area contributed by atoms with Crippen molar-refractivity contribution in [2.24, 2.45) is 18.9 Å². The molecule has 0 radical (unpaired) electrons. The Labute approximate surface area is 236 Å². The number of nitrogens with zero attached hydrogens (tertiary/aromatic N) is 6. The molecular formula is C30H35F3N6O2. The molecule has 41 heavy (non-hydrogen) atoms. The number of likely N-dealkylation sites (tertiary alicyclic amines) is 1. The van der Waals surface area contributed by atoms with Crippen LogP contribution in [0.5, 0.6) is 0 Å². The van der Waals surface area contributed by atoms with Crippen LogP contribution in [0.25, 0.3) is 11.2 Å². The van der Waals surface area contributed by atoms with Gasteiger partial charge in [0.1, 0.15) is 12.2 Å². The van der Waals surface area contributed by atoms with Gasteiger partial charge in [0.05, 0.1) is 22.4 Å². The number of hydrogen-bond acceptors (Lipinski definition) is 5. The molecule has 6 rings (SSSR count). The summed E-state index contributed by atoms with van der Waals surface area (Å²) in [5.74, 6) is 1.12. The number of fused-ring (bicyclic) bond motifs is 1. The van der Waals surface area contributed by atoms with E-state index in [2.05, 4.69) is 22.0 Å². The number of pyridine rings is 1. The molecule has 4 heterocycles. The smallest absolute Gasteiger partial charge is 0.390 e. The molecule has 1 saturated carbocycles. The monoisotopic (exact) mass is 568 g/mol. The summed E-state index contributed by atoms with van der Waals surface area (Å²) >= 11 is 0. The molecule has 218 valence electrons. The summed E-state index contributed by atoms with van der Waals surface area (Å²) < 4.78 is 47.1. The average Bonchev–Trinajstić information content (AvgIpc) is 3.45. The van der Waals surface area contributed by atoms with Crippen LogP contribution in [-0.4, -0.2) is 52.4 Å². The first kappa shape index (κ1) is 27.7. The van der Waals surface area contributed by atoms with Gasteiger partial charge in [-0.1, -0.05) is 19.1 Å². The molecule has 2 aliphatic rings. The van der Waals surface area contributed by atoms with Crippen molar-refractivity contribution >= 4 is 5.52 Å². The van der Waals surface area contributed by atoms with Crippen LogP contribution in [-0.2, 0) is 19.8 Å². The number of imidazole rings is 1. The van der Waals surface area contributed by atoms with Crippen LogP contribution in [0, 0.1) is 11.8 Å². The third kappa shape index (κ3) is 5.32. The Morgan fingerprint density at radius 3 is 2.63 bits per heavy atom. The van der Waals surface area contributed by atoms with Gasteiger partial charge in [-0.3, -0.25) is 13.9 Å². The van der Waals surface area contributed by atoms with Crippen LogP contribution < -0.4 is 5.69 Å². The number of piperidine rings is 1. The fraction of sp³-hybridized carbons (Fsp3) is 0.500. The van der Waals surface area contributed by atoms with Gasteiger partial charge in [0.25, 0.3) is 0 Å². The molecule has 8 nitrogen and oxygen atoms in total. The third-order valence-electron chi connectivity index (χ3n) is 8.68. The molecule has 3 aromatic heterocycles. The lowest BCUT2D eigenvalue weighted by Gasteiger charge is -2.44. The second-order valence-electron chi connectivity index (χ2n) is 12.3. The van der Waals surface area contributed by atoms with Gasteiger partial charge in [0.15, 0.2) is 0 Å². The lowest BCUT2D eigenvalue weighted by atomic mass is 9.64. The van der Waals surface area contributed by atoms with Gasteiger partial charge >= 0.3 is 11.9 Å². The standard InChI is InChI=1S/C30H35F3N6O2/c1-19-6-5-9-37(14-19)15-20-10-24(30(31,32)33)25-17-38(28(40)39(25)16-20)23-8-4-7-21(11-23)26(22-12-29(2,41)13-22)27-35-34-18-36(27)3/h4,7-8,10-11,16-19,22,26,41H,5-6,9,12-15H2,1-3H3/t19-,22?,26-,29?/m0/s1. The molecule has 1 aliphatic carbocycles. The van der Waals surface area contributed by atoms with Crippen molar-refractivity contribution < 1.29 is 18.3 Å². The second kappa shape index (κ2) is 10.1. The number of hydrogen-bond donors (Lipinski definition) is 1. The number of halogens is 3. The fourth-order valence-corrected chi connectivity index (χ4v) is 6.81. The highest BCUT2D eigenvalue weighted by Gasteiger charge is 2.45. The molecular weight excluding hydrogens is 533 g/mol. The molecule has 4 aromatic rings. The van der Waals surface area contributed by atoms with Crippen molar-refractivity contribution in [3.63, 3.8) is 0 Å². The van der Waals surface area contributed by atoms with E-state index in [-0.39, 0.29) is 17.4 Å². The average molecular weight is 569 g/mol. The first-order valence-corrected chi connectivity index (χ1v) is 14.1. The molecule has 0 spiro atoms. The Balaban J connectivity index is 1.42. The summed E-state index contributed by atoms with van der Waals surface area (Å²) in [5, 5.41) is 18.8. The normalized spacial score (nSPS) is 24.5. The quantitative estimate of drug-likeness (QED) is 0.363. The lowest BCUT2D eigenvalue weighted by Crippen LogP contribution is -2.44. The minimum atomic E-state index is -4.62. The van der Waals surface area contributed by atoms with Gasteiger partial charge < -0.3 is 9.67 Å². The maximum Gasteiger partial charge on any atom is 0.418 e. The number of aliphatic hydroxyl groups is 1. The number of alkyl halides is 3. The molecule has 11 heteroatoms. The number of rotatable bonds is 6. The zero-order valence-corrected chi connectivity index (χ0v) is 23.5. The molecule has 1 saturated heterocycles. The van der Waals surface area contributed by atoms with E-state index in [0.717, 1.165) is 41.7 Å². The Hall–Kier alpha value is -3.44. The van der Waals surface area contributed by atoms with E-state index < -0.39 is 23.0 Å². The van der Waals surface area contributed by atoms with Crippen LogP contribution in [0.4, 0.5) is 13.2 Å². The van der Waals surface area contributed by atoms with Crippen LogP contribution in [0.15, 0.2) is 53.8 Å². The van der Waals surface area contributed by atoms with Crippen LogP contribution in [0.2, 0.25) is 0 Å². The van der Waals surface area contributed by atoms with Gasteiger partial charge in [-0.05, 0) is 80.3 Å². The summed E-state index contributed by atoms with van der Waals surface area (Å²) in [7, 11) is 1.86. The maximum absolute atomic E-state index is 14.3. The van der Waals surface area contributed by atoms with E-state index in [9.17, 15) is 23.1 Å². The van der Waals surface area contributed by atoms with E-state index in [4.69, 9.17) is 0 Å². The van der Waals surface area contributed by atoms with E-state index in [1.165, 1.54) is 16.8 Å². The van der Waals surface area contributed by atoms with Crippen molar-refractivity contribution in [3.05, 3.63) is 82.1 Å². The maximum atomic E-state index is 14.3. The zero-order valence-electron chi connectivity index (χ0n) is 23.5. The molecule has 2 fully saturated rings. The SMILES string of the molecule is C[C@H]1CCCN(Cc2cc(C(F)(F)F)c3cn(-c4cccc([C@H](c5nncn5C)C5CC(C)(O)C5)c4)c(=O)n3c2)C1. The topological polar surface area (TPSA) is 80.6 Å². The Morgan fingerprint density at radius 1 is 1.20 bits per heavy atom. The van der Waals surface area contributed by atoms with Gasteiger partial charge in [-0.25, -0.2) is 4.79 Å². The predicted molar refractivity (Wildman–Crippen MR) is 148 cm³/mol. The molecule has 0 amide bonds. The molecule has 0 bridgehead atoms. The van der Waals surface area contributed by atoms with Crippen LogP contribution >= 0.6 is 0 Å². The highest BCUT2D eigenvalue weighted by Crippen LogP contribution is 2.48. The largest absolute Gasteiger partial charge is 0.418 e. The van der Waals surface area contributed by atoms with Gasteiger partial charge in [-0.2, -0.15) is 13.2 Å². The molecule has 1 aliphatic heterocycles. The fourth-order valence-electron chi connectivity index (χ4n) is 6.81. The molecule has 1 N–H and O–H groups in total. The molecule has 1 aromatic carbocycles. The highest BCUT2D eigenvalue weighted by atomic mass is 19.4. The van der Waals surface area contributed by atoms with Crippen LogP contribution in [0.3, 0.4) is 0 Å². The van der Waals surface area contributed by atoms with Gasteiger partial charge in [0.2, 0.25) is 0 Å². The Kier molecular flexibility index (Phi) is 6.85. The summed E-state index contributed by atoms with van der Waals surface area (Å²) in [4.78, 5) is 15.8. The van der Waals surface area contributed by atoms with E-state index >= 15 is 0 Å². The summed E-state index contributed by atoms with van der Waals surface area (Å²) in [6.45, 7) is 5.97. The second-order valence-corrected chi connectivity index (χ2v) is 12.3. The van der Waals surface area contributed by atoms with Crippen molar-refractivity contribution in [2.45, 2.75) is 63.8 Å². The zero-order chi connectivity index (χ0) is 29.1. The van der Waals surface area contributed by atoms with Crippen molar-refractivity contribution in [3.8, 4) is 5.69 Å². The van der Waals surface area contributed by atoms with Crippen LogP contribution in [0.1, 0.15) is 68.0 Å². The number of benzene rings is 1. The van der Waals surface area contributed by atoms with Crippen molar-refractivity contribution in [1.82, 2.24) is 28.6 Å². The van der Waals surface area contributed by atoms with Gasteiger partial charge in [-0.15, -0.1) is 10.2 Å². The van der Waals surface area contributed by atoms with E-state index in [1.807, 2.05) is 23.7 Å². The Bertz CT molecular complexity index is 1630. The molecule has 2 atom stereocenters. The summed E-state index contributed by atoms with van der Waals surface area (Å²) in [5.41, 5.74) is -0.519. The molecule has 0 unspecified atom stereocenters. The number of aromatic nitrogens is 5. The minimum absolute atomic E-state index is 0.102. The summed E-state index contributed by atoms with van der Waals surface area (Å²) in [6, 6.07) is 8.46. The third-order valence-corrected chi connectivity index (χ3v) is 8.68. The van der Waals surface area contributed by atoms with E-state index in [1.54, 1.807) is 31.6 Å². The highest BCUT2D eigenvalue weighted by molar-refractivity contribution is 5.58. The van der Waals surface area contributed by atoms with Gasteiger partial charge in [0, 0.05) is 38.4 Å². The van der Waals surface area contributed by atoms with Crippen molar-refractivity contribution in [1.29, 1.82) is 0 Å². The predicted octanol–water partition coefficient (Wildman–Crippen LogP) is 4.76. The number of aryl methyl sites for hydroxylation is 1. The first-order chi connectivity index (χ1) is 19.4. The first-order valence-electron chi connectivity index (χ1n) is 14.1. The Morgan fingerprint density at radius 2 is 1.98 bits per heavy atom. The van der Waals surface area contributed by atoms with Crippen molar-refractivity contribution in [2.75, 3.05) is 13.1 Å². The van der Waals surface area contributed by atoms with E-state index in [0.29, 0.717) is 36.6 Å². The summed E-state index contributed by atoms with van der Waals surface area (Å²) in [6.07, 6.45) is 3.12. The lowest BCUT2D eigenvalue weighted by molar-refractivity contribution is -0.136.